The molecule has 3 rings (SSSR count). The highest BCUT2D eigenvalue weighted by Gasteiger charge is 2.30. The molecule has 0 aliphatic carbocycles. The number of thioether (sulfide) groups is 1. The van der Waals surface area contributed by atoms with Crippen LogP contribution in [0.5, 0.6) is 0 Å². The number of carbonyl (C=O) groups is 2. The van der Waals surface area contributed by atoms with Crippen molar-refractivity contribution in [1.82, 2.24) is 9.13 Å². The first kappa shape index (κ1) is 14.0. The van der Waals surface area contributed by atoms with E-state index >= 15 is 0 Å². The molecular weight excluding hydrogens is 288 g/mol. The maximum Gasteiger partial charge on any atom is 0.308 e. The summed E-state index contributed by atoms with van der Waals surface area (Å²) in [5, 5.41) is 10.1. The zero-order valence-electron chi connectivity index (χ0n) is 11.9. The fourth-order valence-corrected chi connectivity index (χ4v) is 3.44. The van der Waals surface area contributed by atoms with Gasteiger partial charge in [-0.15, -0.1) is 11.8 Å². The zero-order valence-corrected chi connectivity index (χ0v) is 12.7. The molecule has 0 fully saturated rings. The molecule has 0 aromatic carbocycles. The number of carbonyl (C=O) groups excluding carboxylic acids is 1. The van der Waals surface area contributed by atoms with E-state index in [-0.39, 0.29) is 5.78 Å². The molecule has 1 aliphatic rings. The SMILES string of the molecule is CSc1ccc(C(=O)c2ccc3n2CC(C(=O)O)C3)n1C. The lowest BCUT2D eigenvalue weighted by molar-refractivity contribution is -0.141. The lowest BCUT2D eigenvalue weighted by atomic mass is 10.1. The van der Waals surface area contributed by atoms with Gasteiger partial charge in [0.25, 0.3) is 0 Å². The number of hydrogen-bond donors (Lipinski definition) is 1. The molecule has 1 unspecified atom stereocenters. The minimum atomic E-state index is -0.805. The van der Waals surface area contributed by atoms with Gasteiger partial charge in [-0.3, -0.25) is 9.59 Å². The van der Waals surface area contributed by atoms with E-state index in [1.54, 1.807) is 17.8 Å². The summed E-state index contributed by atoms with van der Waals surface area (Å²) in [4.78, 5) is 23.8. The standard InChI is InChI=1S/C15H16N2O3S/c1-16-11(5-6-13(16)21-2)14(18)12-4-3-10-7-9(15(19)20)8-17(10)12/h3-6,9H,7-8H2,1-2H3,(H,19,20). The second kappa shape index (κ2) is 5.11. The minimum Gasteiger partial charge on any atom is -0.481 e. The number of aromatic nitrogens is 2. The lowest BCUT2D eigenvalue weighted by Crippen LogP contribution is -2.17. The molecule has 1 N–H and O–H groups in total. The summed E-state index contributed by atoms with van der Waals surface area (Å²) < 4.78 is 3.71. The quantitative estimate of drug-likeness (QED) is 0.693. The van der Waals surface area contributed by atoms with E-state index in [2.05, 4.69) is 0 Å². The maximum absolute atomic E-state index is 12.7. The summed E-state index contributed by atoms with van der Waals surface area (Å²) >= 11 is 1.59. The molecule has 0 amide bonds. The molecule has 1 atom stereocenters. The van der Waals surface area contributed by atoms with Crippen molar-refractivity contribution >= 4 is 23.5 Å². The molecule has 2 aromatic rings. The van der Waals surface area contributed by atoms with Gasteiger partial charge in [-0.1, -0.05) is 0 Å². The maximum atomic E-state index is 12.7. The summed E-state index contributed by atoms with van der Waals surface area (Å²) in [6.07, 6.45) is 2.46. The number of carboxylic acid groups (broad SMARTS) is 1. The van der Waals surface area contributed by atoms with Gasteiger partial charge in [0.2, 0.25) is 5.78 Å². The Kier molecular flexibility index (Phi) is 3.41. The summed E-state index contributed by atoms with van der Waals surface area (Å²) in [6, 6.07) is 7.39. The van der Waals surface area contributed by atoms with E-state index in [4.69, 9.17) is 5.11 Å². The van der Waals surface area contributed by atoms with Crippen molar-refractivity contribution in [1.29, 1.82) is 0 Å². The Morgan fingerprint density at radius 1 is 1.24 bits per heavy atom. The average molecular weight is 304 g/mol. The molecule has 0 saturated heterocycles. The Morgan fingerprint density at radius 2 is 1.95 bits per heavy atom. The molecule has 0 saturated carbocycles. The van der Waals surface area contributed by atoms with Crippen molar-refractivity contribution in [3.63, 3.8) is 0 Å². The molecule has 5 nitrogen and oxygen atoms in total. The first-order valence-electron chi connectivity index (χ1n) is 6.68. The summed E-state index contributed by atoms with van der Waals surface area (Å²) in [5.74, 6) is -1.29. The Labute approximate surface area is 126 Å². The van der Waals surface area contributed by atoms with E-state index in [0.29, 0.717) is 24.4 Å². The van der Waals surface area contributed by atoms with Gasteiger partial charge >= 0.3 is 5.97 Å². The van der Waals surface area contributed by atoms with Crippen LogP contribution in [0.2, 0.25) is 0 Å². The van der Waals surface area contributed by atoms with Crippen LogP contribution in [0.1, 0.15) is 21.9 Å². The number of ketones is 1. The molecule has 1 aliphatic heterocycles. The van der Waals surface area contributed by atoms with Crippen LogP contribution in [-0.2, 0) is 24.8 Å². The molecule has 21 heavy (non-hydrogen) atoms. The lowest BCUT2D eigenvalue weighted by Gasteiger charge is -2.08. The van der Waals surface area contributed by atoms with Crippen LogP contribution in [0.4, 0.5) is 0 Å². The molecule has 0 spiro atoms. The Bertz CT molecular complexity index is 729. The summed E-state index contributed by atoms with van der Waals surface area (Å²) in [7, 11) is 1.87. The molecule has 2 aromatic heterocycles. The number of rotatable bonds is 4. The van der Waals surface area contributed by atoms with Crippen LogP contribution in [-0.4, -0.2) is 32.2 Å². The molecule has 0 bridgehead atoms. The third-order valence-electron chi connectivity index (χ3n) is 4.03. The second-order valence-electron chi connectivity index (χ2n) is 5.21. The van der Waals surface area contributed by atoms with Crippen LogP contribution in [0, 0.1) is 5.92 Å². The van der Waals surface area contributed by atoms with Crippen molar-refractivity contribution in [2.75, 3.05) is 6.26 Å². The van der Waals surface area contributed by atoms with E-state index in [1.165, 1.54) is 0 Å². The summed E-state index contributed by atoms with van der Waals surface area (Å²) in [5.41, 5.74) is 2.12. The highest BCUT2D eigenvalue weighted by molar-refractivity contribution is 7.98. The van der Waals surface area contributed by atoms with Crippen LogP contribution in [0.15, 0.2) is 29.3 Å². The molecule has 3 heterocycles. The van der Waals surface area contributed by atoms with Crippen LogP contribution >= 0.6 is 11.8 Å². The average Bonchev–Trinajstić information content (AvgIpc) is 3.10. The highest BCUT2D eigenvalue weighted by atomic mass is 32.2. The largest absolute Gasteiger partial charge is 0.481 e. The van der Waals surface area contributed by atoms with Gasteiger partial charge in [0, 0.05) is 25.7 Å². The molecule has 110 valence electrons. The Balaban J connectivity index is 1.94. The van der Waals surface area contributed by atoms with Crippen molar-refractivity contribution in [3.8, 4) is 0 Å². The predicted octanol–water partition coefficient (Wildman–Crippen LogP) is 2.04. The molecule has 6 heteroatoms. The van der Waals surface area contributed by atoms with Crippen molar-refractivity contribution < 1.29 is 14.7 Å². The van der Waals surface area contributed by atoms with Crippen LogP contribution in [0.25, 0.3) is 0 Å². The van der Waals surface area contributed by atoms with Crippen molar-refractivity contribution in [2.45, 2.75) is 18.0 Å². The van der Waals surface area contributed by atoms with Gasteiger partial charge < -0.3 is 14.2 Å². The van der Waals surface area contributed by atoms with E-state index in [1.807, 2.05) is 40.6 Å². The van der Waals surface area contributed by atoms with Gasteiger partial charge in [0.1, 0.15) is 0 Å². The van der Waals surface area contributed by atoms with E-state index in [9.17, 15) is 9.59 Å². The van der Waals surface area contributed by atoms with Gasteiger partial charge in [0.15, 0.2) is 0 Å². The Morgan fingerprint density at radius 3 is 2.57 bits per heavy atom. The molecular formula is C15H16N2O3S. The smallest absolute Gasteiger partial charge is 0.308 e. The third-order valence-corrected chi connectivity index (χ3v) is 4.86. The van der Waals surface area contributed by atoms with E-state index < -0.39 is 11.9 Å². The summed E-state index contributed by atoms with van der Waals surface area (Å²) in [6.45, 7) is 0.374. The number of carboxylic acids is 1. The van der Waals surface area contributed by atoms with Gasteiger partial charge in [-0.05, 0) is 30.5 Å². The van der Waals surface area contributed by atoms with Gasteiger partial charge in [-0.25, -0.2) is 0 Å². The number of nitrogens with zero attached hydrogens (tertiary/aromatic N) is 2. The van der Waals surface area contributed by atoms with Gasteiger partial charge in [0.05, 0.1) is 22.3 Å². The number of fused-ring (bicyclic) bond motifs is 1. The zero-order chi connectivity index (χ0) is 15.1. The highest BCUT2D eigenvalue weighted by Crippen LogP contribution is 2.26. The first-order valence-corrected chi connectivity index (χ1v) is 7.91. The van der Waals surface area contributed by atoms with E-state index in [0.717, 1.165) is 10.7 Å². The van der Waals surface area contributed by atoms with Crippen LogP contribution < -0.4 is 0 Å². The normalized spacial score (nSPS) is 17.0. The fraction of sp³-hybridized carbons (Fsp3) is 0.333. The van der Waals surface area contributed by atoms with Gasteiger partial charge in [-0.2, -0.15) is 0 Å². The number of aliphatic carboxylic acids is 1. The monoisotopic (exact) mass is 304 g/mol. The predicted molar refractivity (Wildman–Crippen MR) is 79.9 cm³/mol. The van der Waals surface area contributed by atoms with Crippen LogP contribution in [0.3, 0.4) is 0 Å². The van der Waals surface area contributed by atoms with Crippen molar-refractivity contribution in [2.24, 2.45) is 13.0 Å². The molecule has 0 radical (unpaired) electrons. The Hall–Kier alpha value is -1.95. The van der Waals surface area contributed by atoms with Crippen molar-refractivity contribution in [3.05, 3.63) is 41.3 Å². The topological polar surface area (TPSA) is 64.2 Å². The minimum absolute atomic E-state index is 0.0601. The second-order valence-corrected chi connectivity index (χ2v) is 6.04. The first-order chi connectivity index (χ1) is 10.0. The number of hydrogen-bond acceptors (Lipinski definition) is 3. The fourth-order valence-electron chi connectivity index (χ4n) is 2.86. The third kappa shape index (κ3) is 2.19.